The molecule has 0 radical (unpaired) electrons. The Morgan fingerprint density at radius 2 is 2.00 bits per heavy atom. The molecule has 1 heterocycles. The molecule has 0 aliphatic carbocycles. The van der Waals surface area contributed by atoms with Crippen molar-refractivity contribution in [2.75, 3.05) is 14.2 Å². The van der Waals surface area contributed by atoms with Crippen molar-refractivity contribution in [2.45, 2.75) is 6.04 Å². The van der Waals surface area contributed by atoms with Gasteiger partial charge in [0, 0.05) is 7.05 Å². The van der Waals surface area contributed by atoms with Crippen LogP contribution in [-0.2, 0) is 7.05 Å². The van der Waals surface area contributed by atoms with E-state index in [4.69, 9.17) is 4.74 Å². The van der Waals surface area contributed by atoms with Gasteiger partial charge in [0.15, 0.2) is 0 Å². The summed E-state index contributed by atoms with van der Waals surface area (Å²) in [5.41, 5.74) is 2.18. The van der Waals surface area contributed by atoms with Crippen molar-refractivity contribution in [1.82, 2.24) is 20.3 Å². The fourth-order valence-corrected chi connectivity index (χ4v) is 1.84. The Hall–Kier alpha value is -1.88. The van der Waals surface area contributed by atoms with Gasteiger partial charge in [-0.2, -0.15) is 0 Å². The van der Waals surface area contributed by atoms with Gasteiger partial charge < -0.3 is 10.1 Å². The highest BCUT2D eigenvalue weighted by Gasteiger charge is 2.15. The average Bonchev–Trinajstić information content (AvgIpc) is 2.78. The molecule has 17 heavy (non-hydrogen) atoms. The minimum absolute atomic E-state index is 0.0842. The molecule has 0 amide bonds. The molecule has 0 spiro atoms. The van der Waals surface area contributed by atoms with Gasteiger partial charge >= 0.3 is 0 Å². The molecule has 5 nitrogen and oxygen atoms in total. The first-order valence-electron chi connectivity index (χ1n) is 5.42. The lowest BCUT2D eigenvalue weighted by molar-refractivity contribution is 0.414. The lowest BCUT2D eigenvalue weighted by Crippen LogP contribution is -2.20. The van der Waals surface area contributed by atoms with Gasteiger partial charge in [-0.05, 0) is 24.7 Å². The summed E-state index contributed by atoms with van der Waals surface area (Å²) in [5, 5.41) is 11.1. The minimum atomic E-state index is 0.0842. The zero-order chi connectivity index (χ0) is 12.3. The molecule has 0 bridgehead atoms. The number of nitrogens with one attached hydrogen (secondary N) is 1. The van der Waals surface area contributed by atoms with Gasteiger partial charge in [0.1, 0.15) is 5.75 Å². The number of aromatic nitrogens is 3. The number of ether oxygens (including phenoxy) is 1. The number of nitrogens with zero attached hydrogens (tertiary/aromatic N) is 3. The number of aryl methyl sites for hydroxylation is 1. The lowest BCUT2D eigenvalue weighted by atomic mass is 10.0. The van der Waals surface area contributed by atoms with E-state index in [-0.39, 0.29) is 6.04 Å². The van der Waals surface area contributed by atoms with Gasteiger partial charge in [0.05, 0.1) is 25.0 Å². The lowest BCUT2D eigenvalue weighted by Gasteiger charge is -2.16. The standard InChI is InChI=1S/C12H16N4O/c1-13-12(11-8-14-15-16(11)2)9-4-6-10(17-3)7-5-9/h4-8,12-13H,1-3H3. The van der Waals surface area contributed by atoms with Crippen molar-refractivity contribution in [2.24, 2.45) is 7.05 Å². The third-order valence-electron chi connectivity index (χ3n) is 2.78. The normalized spacial score (nSPS) is 12.4. The Morgan fingerprint density at radius 3 is 2.47 bits per heavy atom. The van der Waals surface area contributed by atoms with Crippen LogP contribution in [0.15, 0.2) is 30.5 Å². The van der Waals surface area contributed by atoms with Crippen LogP contribution in [0.4, 0.5) is 0 Å². The Kier molecular flexibility index (Phi) is 3.39. The molecule has 1 aromatic carbocycles. The molecule has 2 aromatic rings. The molecule has 90 valence electrons. The van der Waals surface area contributed by atoms with Crippen LogP contribution in [0, 0.1) is 0 Å². The fraction of sp³-hybridized carbons (Fsp3) is 0.333. The number of hydrogen-bond donors (Lipinski definition) is 1. The van der Waals surface area contributed by atoms with E-state index in [9.17, 15) is 0 Å². The molecular formula is C12H16N4O. The molecule has 1 atom stereocenters. The molecule has 5 heteroatoms. The van der Waals surface area contributed by atoms with E-state index in [0.29, 0.717) is 0 Å². The Morgan fingerprint density at radius 1 is 1.29 bits per heavy atom. The number of hydrogen-bond acceptors (Lipinski definition) is 4. The second-order valence-electron chi connectivity index (χ2n) is 3.78. The maximum absolute atomic E-state index is 5.15. The van der Waals surface area contributed by atoms with Crippen molar-refractivity contribution in [3.05, 3.63) is 41.7 Å². The van der Waals surface area contributed by atoms with E-state index in [1.165, 1.54) is 0 Å². The summed E-state index contributed by atoms with van der Waals surface area (Å²) in [6, 6.07) is 8.05. The molecule has 1 aromatic heterocycles. The highest BCUT2D eigenvalue weighted by atomic mass is 16.5. The van der Waals surface area contributed by atoms with Crippen molar-refractivity contribution in [3.63, 3.8) is 0 Å². The topological polar surface area (TPSA) is 52.0 Å². The first-order valence-corrected chi connectivity index (χ1v) is 5.42. The smallest absolute Gasteiger partial charge is 0.118 e. The van der Waals surface area contributed by atoms with Gasteiger partial charge in [-0.1, -0.05) is 17.3 Å². The highest BCUT2D eigenvalue weighted by Crippen LogP contribution is 2.22. The molecule has 0 fully saturated rings. The van der Waals surface area contributed by atoms with Crippen LogP contribution in [0.2, 0.25) is 0 Å². The summed E-state index contributed by atoms with van der Waals surface area (Å²) in [6.07, 6.45) is 1.77. The molecule has 0 saturated heterocycles. The average molecular weight is 232 g/mol. The Balaban J connectivity index is 2.32. The zero-order valence-electron chi connectivity index (χ0n) is 10.2. The van der Waals surface area contributed by atoms with Gasteiger partial charge in [-0.15, -0.1) is 5.10 Å². The van der Waals surface area contributed by atoms with Crippen LogP contribution in [0.5, 0.6) is 5.75 Å². The van der Waals surface area contributed by atoms with Crippen molar-refractivity contribution >= 4 is 0 Å². The van der Waals surface area contributed by atoms with Gasteiger partial charge in [0.2, 0.25) is 0 Å². The summed E-state index contributed by atoms with van der Waals surface area (Å²) < 4.78 is 6.92. The van der Waals surface area contributed by atoms with Crippen molar-refractivity contribution < 1.29 is 4.74 Å². The van der Waals surface area contributed by atoms with Gasteiger partial charge in [0.25, 0.3) is 0 Å². The van der Waals surface area contributed by atoms with E-state index in [2.05, 4.69) is 15.6 Å². The first-order chi connectivity index (χ1) is 8.26. The number of benzene rings is 1. The SMILES string of the molecule is CNC(c1ccc(OC)cc1)c1cnnn1C. The predicted molar refractivity (Wildman–Crippen MR) is 64.9 cm³/mol. The quantitative estimate of drug-likeness (QED) is 0.858. The van der Waals surface area contributed by atoms with E-state index in [1.807, 2.05) is 38.4 Å². The van der Waals surface area contributed by atoms with Crippen LogP contribution < -0.4 is 10.1 Å². The van der Waals surface area contributed by atoms with E-state index in [1.54, 1.807) is 18.0 Å². The zero-order valence-corrected chi connectivity index (χ0v) is 10.2. The molecule has 0 aliphatic rings. The minimum Gasteiger partial charge on any atom is -0.497 e. The molecule has 2 rings (SSSR count). The monoisotopic (exact) mass is 232 g/mol. The third-order valence-corrected chi connectivity index (χ3v) is 2.78. The largest absolute Gasteiger partial charge is 0.497 e. The molecule has 0 aliphatic heterocycles. The summed E-state index contributed by atoms with van der Waals surface area (Å²) in [6.45, 7) is 0. The second kappa shape index (κ2) is 4.97. The maximum Gasteiger partial charge on any atom is 0.118 e. The molecule has 1 unspecified atom stereocenters. The Bertz CT molecular complexity index is 478. The van der Waals surface area contributed by atoms with E-state index in [0.717, 1.165) is 17.0 Å². The molecular weight excluding hydrogens is 216 g/mol. The van der Waals surface area contributed by atoms with Crippen LogP contribution >= 0.6 is 0 Å². The number of rotatable bonds is 4. The van der Waals surface area contributed by atoms with Gasteiger partial charge in [-0.25, -0.2) is 0 Å². The molecule has 0 saturated carbocycles. The third kappa shape index (κ3) is 2.29. The maximum atomic E-state index is 5.15. The van der Waals surface area contributed by atoms with Crippen LogP contribution in [-0.4, -0.2) is 29.2 Å². The fourth-order valence-electron chi connectivity index (χ4n) is 1.84. The van der Waals surface area contributed by atoms with E-state index < -0.39 is 0 Å². The van der Waals surface area contributed by atoms with Crippen molar-refractivity contribution in [1.29, 1.82) is 0 Å². The highest BCUT2D eigenvalue weighted by molar-refractivity contribution is 5.32. The molecule has 1 N–H and O–H groups in total. The van der Waals surface area contributed by atoms with E-state index >= 15 is 0 Å². The van der Waals surface area contributed by atoms with Crippen LogP contribution in [0.3, 0.4) is 0 Å². The summed E-state index contributed by atoms with van der Waals surface area (Å²) >= 11 is 0. The second-order valence-corrected chi connectivity index (χ2v) is 3.78. The van der Waals surface area contributed by atoms with Gasteiger partial charge in [-0.3, -0.25) is 4.68 Å². The first kappa shape index (κ1) is 11.6. The summed E-state index contributed by atoms with van der Waals surface area (Å²) in [7, 11) is 5.47. The predicted octanol–water partition coefficient (Wildman–Crippen LogP) is 1.13. The van der Waals surface area contributed by atoms with Crippen molar-refractivity contribution in [3.8, 4) is 5.75 Å². The summed E-state index contributed by atoms with van der Waals surface area (Å²) in [4.78, 5) is 0. The van der Waals surface area contributed by atoms with Crippen LogP contribution in [0.1, 0.15) is 17.3 Å². The Labute approximate surface area is 100 Å². The summed E-state index contributed by atoms with van der Waals surface area (Å²) in [5.74, 6) is 0.853. The number of methoxy groups -OCH3 is 1. The van der Waals surface area contributed by atoms with Crippen LogP contribution in [0.25, 0.3) is 0 Å².